The number of imide groups is 1. The van der Waals surface area contributed by atoms with Crippen LogP contribution in [0, 0.1) is 11.8 Å². The summed E-state index contributed by atoms with van der Waals surface area (Å²) >= 11 is 0. The summed E-state index contributed by atoms with van der Waals surface area (Å²) in [4.78, 5) is 24.7. The molecule has 2 aliphatic rings. The standard InChI is InChI=1S/C15H26N2O2/c1-10(2)11-5-4-6-12(8-7-11)16-13-9-14(18)17(3)15(13)19/h10-13,16H,4-9H2,1-3H3. The van der Waals surface area contributed by atoms with E-state index in [1.54, 1.807) is 7.05 Å². The number of hydrogen-bond acceptors (Lipinski definition) is 3. The quantitative estimate of drug-likeness (QED) is 0.627. The molecular weight excluding hydrogens is 240 g/mol. The van der Waals surface area contributed by atoms with Crippen molar-refractivity contribution in [3.63, 3.8) is 0 Å². The number of carbonyl (C=O) groups excluding carboxylic acids is 2. The zero-order valence-electron chi connectivity index (χ0n) is 12.3. The number of nitrogens with zero attached hydrogens (tertiary/aromatic N) is 1. The highest BCUT2D eigenvalue weighted by molar-refractivity contribution is 6.05. The van der Waals surface area contributed by atoms with Gasteiger partial charge in [0.2, 0.25) is 11.8 Å². The van der Waals surface area contributed by atoms with Gasteiger partial charge in [-0.05, 0) is 31.1 Å². The lowest BCUT2D eigenvalue weighted by Gasteiger charge is -2.21. The maximum Gasteiger partial charge on any atom is 0.246 e. The Hall–Kier alpha value is -0.900. The van der Waals surface area contributed by atoms with Gasteiger partial charge in [0.05, 0.1) is 12.5 Å². The Bertz CT molecular complexity index is 354. The van der Waals surface area contributed by atoms with Crippen LogP contribution in [0.2, 0.25) is 0 Å². The second-order valence-electron chi connectivity index (χ2n) is 6.42. The topological polar surface area (TPSA) is 49.4 Å². The molecule has 0 aromatic rings. The van der Waals surface area contributed by atoms with E-state index in [4.69, 9.17) is 0 Å². The summed E-state index contributed by atoms with van der Waals surface area (Å²) in [6, 6.07) is 0.120. The smallest absolute Gasteiger partial charge is 0.246 e. The molecule has 19 heavy (non-hydrogen) atoms. The molecule has 2 amide bonds. The van der Waals surface area contributed by atoms with Crippen LogP contribution in [0.1, 0.15) is 52.4 Å². The first kappa shape index (κ1) is 14.5. The maximum atomic E-state index is 11.9. The molecule has 2 rings (SSSR count). The van der Waals surface area contributed by atoms with Crippen molar-refractivity contribution in [2.24, 2.45) is 11.8 Å². The maximum absolute atomic E-state index is 11.9. The second kappa shape index (κ2) is 6.04. The summed E-state index contributed by atoms with van der Waals surface area (Å²) in [6.07, 6.45) is 6.35. The van der Waals surface area contributed by atoms with Gasteiger partial charge in [-0.1, -0.05) is 26.7 Å². The van der Waals surface area contributed by atoms with Crippen LogP contribution in [-0.2, 0) is 9.59 Å². The predicted octanol–water partition coefficient (Wildman–Crippen LogP) is 1.94. The second-order valence-corrected chi connectivity index (χ2v) is 6.42. The van der Waals surface area contributed by atoms with Gasteiger partial charge in [0.25, 0.3) is 0 Å². The van der Waals surface area contributed by atoms with E-state index in [2.05, 4.69) is 19.2 Å². The van der Waals surface area contributed by atoms with Gasteiger partial charge in [0.15, 0.2) is 0 Å². The molecule has 1 aliphatic carbocycles. The number of carbonyl (C=O) groups is 2. The third-order valence-electron chi connectivity index (χ3n) is 4.77. The van der Waals surface area contributed by atoms with Gasteiger partial charge in [0.1, 0.15) is 0 Å². The minimum atomic E-state index is -0.280. The summed E-state index contributed by atoms with van der Waals surface area (Å²) in [6.45, 7) is 4.60. The number of nitrogens with one attached hydrogen (secondary N) is 1. The zero-order chi connectivity index (χ0) is 14.0. The van der Waals surface area contributed by atoms with E-state index in [9.17, 15) is 9.59 Å². The van der Waals surface area contributed by atoms with Crippen molar-refractivity contribution in [2.75, 3.05) is 7.05 Å². The van der Waals surface area contributed by atoms with Gasteiger partial charge in [0, 0.05) is 13.1 Å². The summed E-state index contributed by atoms with van der Waals surface area (Å²) < 4.78 is 0. The zero-order valence-corrected chi connectivity index (χ0v) is 12.3. The first-order chi connectivity index (χ1) is 8.99. The van der Waals surface area contributed by atoms with E-state index in [0.29, 0.717) is 12.5 Å². The fourth-order valence-corrected chi connectivity index (χ4v) is 3.33. The van der Waals surface area contributed by atoms with Crippen molar-refractivity contribution in [2.45, 2.75) is 64.5 Å². The van der Waals surface area contributed by atoms with E-state index in [1.807, 2.05) is 0 Å². The lowest BCUT2D eigenvalue weighted by atomic mass is 9.89. The van der Waals surface area contributed by atoms with Gasteiger partial charge < -0.3 is 5.32 Å². The minimum absolute atomic E-state index is 0.0591. The Kier molecular flexibility index (Phi) is 4.61. The fourth-order valence-electron chi connectivity index (χ4n) is 3.33. The number of rotatable bonds is 3. The Morgan fingerprint density at radius 2 is 1.89 bits per heavy atom. The minimum Gasteiger partial charge on any atom is -0.303 e. The Morgan fingerprint density at radius 3 is 2.47 bits per heavy atom. The molecule has 1 saturated heterocycles. The van der Waals surface area contributed by atoms with Crippen LogP contribution >= 0.6 is 0 Å². The average molecular weight is 266 g/mol. The van der Waals surface area contributed by atoms with E-state index in [1.165, 1.54) is 24.2 Å². The molecule has 3 unspecified atom stereocenters. The van der Waals surface area contributed by atoms with E-state index >= 15 is 0 Å². The summed E-state index contributed by atoms with van der Waals surface area (Å²) in [5.74, 6) is 1.45. The van der Waals surface area contributed by atoms with Crippen molar-refractivity contribution in [1.82, 2.24) is 10.2 Å². The molecule has 4 heteroatoms. The first-order valence-electron chi connectivity index (χ1n) is 7.55. The number of likely N-dealkylation sites (N-methyl/N-ethyl adjacent to an activating group) is 1. The van der Waals surface area contributed by atoms with Gasteiger partial charge in [-0.25, -0.2) is 0 Å². The molecule has 3 atom stereocenters. The largest absolute Gasteiger partial charge is 0.303 e. The Morgan fingerprint density at radius 1 is 1.16 bits per heavy atom. The van der Waals surface area contributed by atoms with E-state index in [0.717, 1.165) is 24.7 Å². The van der Waals surface area contributed by atoms with Crippen LogP contribution in [0.25, 0.3) is 0 Å². The normalized spacial score (nSPS) is 33.1. The molecule has 1 heterocycles. The Labute approximate surface area is 115 Å². The van der Waals surface area contributed by atoms with Crippen LogP contribution in [0.15, 0.2) is 0 Å². The summed E-state index contributed by atoms with van der Waals surface area (Å²) in [7, 11) is 1.58. The first-order valence-corrected chi connectivity index (χ1v) is 7.55. The third-order valence-corrected chi connectivity index (χ3v) is 4.77. The van der Waals surface area contributed by atoms with Gasteiger partial charge in [-0.3, -0.25) is 14.5 Å². The van der Waals surface area contributed by atoms with Crippen LogP contribution in [0.3, 0.4) is 0 Å². The molecule has 0 bridgehead atoms. The van der Waals surface area contributed by atoms with Crippen LogP contribution in [0.5, 0.6) is 0 Å². The molecule has 108 valence electrons. The SMILES string of the molecule is CC(C)C1CCCC(NC2CC(=O)N(C)C2=O)CC1. The lowest BCUT2D eigenvalue weighted by Crippen LogP contribution is -2.42. The number of likely N-dealkylation sites (tertiary alicyclic amines) is 1. The molecule has 0 spiro atoms. The average Bonchev–Trinajstić information content (AvgIpc) is 2.59. The summed E-state index contributed by atoms with van der Waals surface area (Å²) in [5, 5.41) is 3.42. The molecular formula is C15H26N2O2. The number of amides is 2. The van der Waals surface area contributed by atoms with Crippen LogP contribution in [0.4, 0.5) is 0 Å². The van der Waals surface area contributed by atoms with Gasteiger partial charge in [-0.15, -0.1) is 0 Å². The molecule has 1 aliphatic heterocycles. The Balaban J connectivity index is 1.87. The molecule has 0 radical (unpaired) electrons. The highest BCUT2D eigenvalue weighted by Crippen LogP contribution is 2.29. The van der Waals surface area contributed by atoms with E-state index < -0.39 is 0 Å². The highest BCUT2D eigenvalue weighted by atomic mass is 16.2. The highest BCUT2D eigenvalue weighted by Gasteiger charge is 2.37. The molecule has 1 saturated carbocycles. The van der Waals surface area contributed by atoms with Crippen molar-refractivity contribution in [3.05, 3.63) is 0 Å². The predicted molar refractivity (Wildman–Crippen MR) is 74.5 cm³/mol. The lowest BCUT2D eigenvalue weighted by molar-refractivity contribution is -0.137. The molecule has 0 aromatic heterocycles. The molecule has 1 N–H and O–H groups in total. The van der Waals surface area contributed by atoms with Crippen molar-refractivity contribution in [3.8, 4) is 0 Å². The van der Waals surface area contributed by atoms with E-state index in [-0.39, 0.29) is 17.9 Å². The van der Waals surface area contributed by atoms with Crippen molar-refractivity contribution in [1.29, 1.82) is 0 Å². The molecule has 2 fully saturated rings. The fraction of sp³-hybridized carbons (Fsp3) is 0.867. The third kappa shape index (κ3) is 3.35. The van der Waals surface area contributed by atoms with Crippen molar-refractivity contribution < 1.29 is 9.59 Å². The van der Waals surface area contributed by atoms with Crippen LogP contribution < -0.4 is 5.32 Å². The molecule has 0 aromatic carbocycles. The summed E-state index contributed by atoms with van der Waals surface area (Å²) in [5.41, 5.74) is 0. The monoisotopic (exact) mass is 266 g/mol. The van der Waals surface area contributed by atoms with Crippen molar-refractivity contribution >= 4 is 11.8 Å². The molecule has 4 nitrogen and oxygen atoms in total. The van der Waals surface area contributed by atoms with Gasteiger partial charge in [-0.2, -0.15) is 0 Å². The van der Waals surface area contributed by atoms with Gasteiger partial charge >= 0.3 is 0 Å². The van der Waals surface area contributed by atoms with Crippen LogP contribution in [-0.4, -0.2) is 35.8 Å². The number of hydrogen-bond donors (Lipinski definition) is 1.